The normalized spacial score (nSPS) is 27.2. The van der Waals surface area contributed by atoms with Gasteiger partial charge >= 0.3 is 0 Å². The van der Waals surface area contributed by atoms with Crippen molar-refractivity contribution in [2.24, 2.45) is 5.92 Å². The topological polar surface area (TPSA) is 61.8 Å². The molecule has 3 atom stereocenters. The Labute approximate surface area is 135 Å². The molecule has 1 heterocycles. The Bertz CT molecular complexity index is 608. The van der Waals surface area contributed by atoms with E-state index < -0.39 is 0 Å². The molecule has 1 aliphatic heterocycles. The van der Waals surface area contributed by atoms with E-state index in [1.165, 1.54) is 6.07 Å². The number of fused-ring (bicyclic) bond motifs is 1. The van der Waals surface area contributed by atoms with Gasteiger partial charge in [0.1, 0.15) is 5.82 Å². The minimum absolute atomic E-state index is 0.0535. The summed E-state index contributed by atoms with van der Waals surface area (Å²) in [5.74, 6) is -0.361. The first-order valence-corrected chi connectivity index (χ1v) is 7.97. The molecule has 2 aliphatic rings. The number of halogens is 1. The molecule has 1 fully saturated rings. The molecule has 0 saturated carbocycles. The van der Waals surface area contributed by atoms with Crippen LogP contribution in [0.2, 0.25) is 0 Å². The molecule has 6 heteroatoms. The predicted molar refractivity (Wildman–Crippen MR) is 84.8 cm³/mol. The molecule has 5 nitrogen and oxygen atoms in total. The van der Waals surface area contributed by atoms with Gasteiger partial charge < -0.3 is 15.2 Å². The molecule has 3 unspecified atom stereocenters. The third-order valence-electron chi connectivity index (χ3n) is 4.96. The molecule has 0 bridgehead atoms. The van der Waals surface area contributed by atoms with E-state index in [0.717, 1.165) is 5.56 Å². The zero-order valence-electron chi connectivity index (χ0n) is 13.5. The van der Waals surface area contributed by atoms with Gasteiger partial charge in [-0.05, 0) is 55.5 Å². The molecule has 1 aromatic carbocycles. The van der Waals surface area contributed by atoms with E-state index in [4.69, 9.17) is 4.74 Å². The van der Waals surface area contributed by atoms with Gasteiger partial charge in [-0.2, -0.15) is 0 Å². The lowest BCUT2D eigenvalue weighted by Gasteiger charge is -2.18. The van der Waals surface area contributed by atoms with Crippen LogP contribution in [0, 0.1) is 11.7 Å². The average molecular weight is 322 g/mol. The number of nitrogens with zero attached hydrogens (tertiary/aromatic N) is 1. The number of hydrogen-bond donors (Lipinski definition) is 2. The number of carbonyl (C=O) groups is 1. The van der Waals surface area contributed by atoms with E-state index in [9.17, 15) is 14.3 Å². The molecule has 0 aromatic heterocycles. The van der Waals surface area contributed by atoms with Gasteiger partial charge in [-0.25, -0.2) is 4.39 Å². The van der Waals surface area contributed by atoms with Crippen LogP contribution in [0.3, 0.4) is 0 Å². The number of aliphatic hydroxyl groups is 1. The van der Waals surface area contributed by atoms with Gasteiger partial charge in [0, 0.05) is 25.9 Å². The highest BCUT2D eigenvalue weighted by Gasteiger charge is 2.34. The monoisotopic (exact) mass is 322 g/mol. The van der Waals surface area contributed by atoms with Gasteiger partial charge in [-0.1, -0.05) is 0 Å². The van der Waals surface area contributed by atoms with Gasteiger partial charge in [-0.15, -0.1) is 0 Å². The Morgan fingerprint density at radius 3 is 2.91 bits per heavy atom. The van der Waals surface area contributed by atoms with E-state index >= 15 is 0 Å². The number of methoxy groups -OCH3 is 1. The minimum Gasteiger partial charge on any atom is -0.396 e. The van der Waals surface area contributed by atoms with Crippen molar-refractivity contribution >= 4 is 11.6 Å². The Morgan fingerprint density at radius 2 is 2.26 bits per heavy atom. The lowest BCUT2D eigenvalue weighted by molar-refractivity contribution is -0.120. The molecule has 3 rings (SSSR count). The zero-order chi connectivity index (χ0) is 16.6. The van der Waals surface area contributed by atoms with E-state index in [1.54, 1.807) is 7.11 Å². The van der Waals surface area contributed by atoms with Crippen molar-refractivity contribution in [2.75, 3.05) is 32.6 Å². The molecule has 0 radical (unpaired) electrons. The zero-order valence-corrected chi connectivity index (χ0v) is 13.5. The number of rotatable bonds is 4. The first-order valence-electron chi connectivity index (χ1n) is 7.97. The first-order chi connectivity index (χ1) is 11.0. The van der Waals surface area contributed by atoms with Crippen LogP contribution < -0.4 is 5.32 Å². The number of likely N-dealkylation sites (tertiary alicyclic amines) is 1. The van der Waals surface area contributed by atoms with E-state index in [-0.39, 0.29) is 36.4 Å². The molecule has 2 N–H and O–H groups in total. The third kappa shape index (κ3) is 3.24. The lowest BCUT2D eigenvalue weighted by atomic mass is 10.1. The maximum Gasteiger partial charge on any atom is 0.241 e. The summed E-state index contributed by atoms with van der Waals surface area (Å²) in [5.41, 5.74) is 2.03. The van der Waals surface area contributed by atoms with Crippen LogP contribution >= 0.6 is 0 Å². The van der Waals surface area contributed by atoms with Crippen LogP contribution in [-0.2, 0) is 22.4 Å². The summed E-state index contributed by atoms with van der Waals surface area (Å²) >= 11 is 0. The highest BCUT2D eigenvalue weighted by atomic mass is 19.1. The second-order valence-corrected chi connectivity index (χ2v) is 6.59. The Balaban J connectivity index is 1.72. The molecule has 1 saturated heterocycles. The lowest BCUT2D eigenvalue weighted by Crippen LogP contribution is -2.37. The van der Waals surface area contributed by atoms with Gasteiger partial charge in [0.25, 0.3) is 0 Å². The summed E-state index contributed by atoms with van der Waals surface area (Å²) in [6.45, 7) is 0.770. The molecule has 126 valence electrons. The number of anilines is 1. The minimum atomic E-state index is -0.303. The number of amides is 1. The van der Waals surface area contributed by atoms with E-state index in [0.29, 0.717) is 37.1 Å². The molecule has 1 aromatic rings. The molecule has 1 aliphatic carbocycles. The second kappa shape index (κ2) is 6.55. The van der Waals surface area contributed by atoms with Gasteiger partial charge in [0.2, 0.25) is 5.91 Å². The van der Waals surface area contributed by atoms with Crippen LogP contribution in [0.15, 0.2) is 12.1 Å². The van der Waals surface area contributed by atoms with Gasteiger partial charge in [0.05, 0.1) is 12.1 Å². The maximum atomic E-state index is 14.2. The number of benzene rings is 1. The second-order valence-electron chi connectivity index (χ2n) is 6.59. The van der Waals surface area contributed by atoms with E-state index in [2.05, 4.69) is 5.32 Å². The van der Waals surface area contributed by atoms with Crippen LogP contribution in [0.5, 0.6) is 0 Å². The largest absolute Gasteiger partial charge is 0.396 e. The molecular formula is C17H23FN2O3. The quantitative estimate of drug-likeness (QED) is 0.874. The Hall–Kier alpha value is -1.50. The van der Waals surface area contributed by atoms with Crippen molar-refractivity contribution < 1.29 is 19.0 Å². The summed E-state index contributed by atoms with van der Waals surface area (Å²) in [6, 6.07) is 2.94. The van der Waals surface area contributed by atoms with Crippen molar-refractivity contribution in [2.45, 2.75) is 31.4 Å². The van der Waals surface area contributed by atoms with Crippen LogP contribution in [-0.4, -0.2) is 55.4 Å². The van der Waals surface area contributed by atoms with Gasteiger partial charge in [0.15, 0.2) is 0 Å². The molecule has 23 heavy (non-hydrogen) atoms. The molecular weight excluding hydrogens is 299 g/mol. The summed E-state index contributed by atoms with van der Waals surface area (Å²) in [6.07, 6.45) is 1.91. The van der Waals surface area contributed by atoms with Crippen LogP contribution in [0.1, 0.15) is 17.5 Å². The molecule has 0 spiro atoms. The number of ether oxygens (including phenoxy) is 1. The van der Waals surface area contributed by atoms with Gasteiger partial charge in [-0.3, -0.25) is 9.69 Å². The van der Waals surface area contributed by atoms with Crippen LogP contribution in [0.4, 0.5) is 10.1 Å². The number of likely N-dealkylation sites (N-methyl/N-ethyl adjacent to an activating group) is 1. The van der Waals surface area contributed by atoms with Crippen molar-refractivity contribution in [3.8, 4) is 0 Å². The SMILES string of the molecule is COC1CC(C(=O)Nc2cc(F)c3c(c2)CC(CO)C3)N(C)C1. The summed E-state index contributed by atoms with van der Waals surface area (Å²) in [4.78, 5) is 14.4. The average Bonchev–Trinajstić information content (AvgIpc) is 3.10. The van der Waals surface area contributed by atoms with E-state index in [1.807, 2.05) is 18.0 Å². The smallest absolute Gasteiger partial charge is 0.241 e. The fourth-order valence-electron chi connectivity index (χ4n) is 3.63. The summed E-state index contributed by atoms with van der Waals surface area (Å²) in [5, 5.41) is 12.1. The standard InChI is InChI=1S/C17H23FN2O3/c1-20-8-13(23-2)7-16(20)17(22)19-12-5-11-3-10(9-21)4-14(11)15(18)6-12/h5-6,10,13,16,21H,3-4,7-9H2,1-2H3,(H,19,22). The fourth-order valence-corrected chi connectivity index (χ4v) is 3.63. The summed E-state index contributed by atoms with van der Waals surface area (Å²) in [7, 11) is 3.53. The van der Waals surface area contributed by atoms with Crippen molar-refractivity contribution in [3.05, 3.63) is 29.1 Å². The van der Waals surface area contributed by atoms with Crippen molar-refractivity contribution in [1.82, 2.24) is 4.90 Å². The predicted octanol–water partition coefficient (Wildman–Crippen LogP) is 1.19. The first kappa shape index (κ1) is 16.4. The highest BCUT2D eigenvalue weighted by Crippen LogP contribution is 2.31. The number of aliphatic hydroxyl groups excluding tert-OH is 1. The summed E-state index contributed by atoms with van der Waals surface area (Å²) < 4.78 is 19.5. The number of carbonyl (C=O) groups excluding carboxylic acids is 1. The Kier molecular flexibility index (Phi) is 4.66. The fraction of sp³-hybridized carbons (Fsp3) is 0.588. The number of hydrogen-bond acceptors (Lipinski definition) is 4. The van der Waals surface area contributed by atoms with Crippen LogP contribution in [0.25, 0.3) is 0 Å². The highest BCUT2D eigenvalue weighted by molar-refractivity contribution is 5.95. The molecule has 1 amide bonds. The Morgan fingerprint density at radius 1 is 1.48 bits per heavy atom. The maximum absolute atomic E-state index is 14.2. The van der Waals surface area contributed by atoms with Crippen molar-refractivity contribution in [3.63, 3.8) is 0 Å². The third-order valence-corrected chi connectivity index (χ3v) is 4.96. The number of nitrogens with one attached hydrogen (secondary N) is 1. The van der Waals surface area contributed by atoms with Crippen molar-refractivity contribution in [1.29, 1.82) is 0 Å².